The quantitative estimate of drug-likeness (QED) is 0.904. The zero-order valence-corrected chi connectivity index (χ0v) is 12.6. The number of fused-ring (bicyclic) bond motifs is 1. The molecule has 4 heteroatoms. The molecule has 110 valence electrons. The van der Waals surface area contributed by atoms with E-state index in [-0.39, 0.29) is 12.2 Å². The van der Waals surface area contributed by atoms with Gasteiger partial charge in [-0.1, -0.05) is 12.1 Å². The predicted octanol–water partition coefficient (Wildman–Crippen LogP) is 2.91. The first-order chi connectivity index (χ1) is 9.26. The summed E-state index contributed by atoms with van der Waals surface area (Å²) < 4.78 is 5.42. The van der Waals surface area contributed by atoms with Gasteiger partial charge in [-0.2, -0.15) is 0 Å². The van der Waals surface area contributed by atoms with Crippen LogP contribution < -0.4 is 4.90 Å². The number of aliphatic hydroxyl groups is 1. The molecule has 1 aliphatic heterocycles. The van der Waals surface area contributed by atoms with E-state index in [0.717, 1.165) is 23.2 Å². The van der Waals surface area contributed by atoms with Gasteiger partial charge in [-0.05, 0) is 57.7 Å². The molecule has 1 aliphatic rings. The van der Waals surface area contributed by atoms with Crippen molar-refractivity contribution in [1.82, 2.24) is 0 Å². The third-order valence-electron chi connectivity index (χ3n) is 3.18. The molecule has 0 spiro atoms. The molecule has 0 fully saturated rings. The molecule has 1 heterocycles. The minimum absolute atomic E-state index is 0.292. The zero-order valence-electron chi connectivity index (χ0n) is 12.6. The maximum absolute atomic E-state index is 12.2. The normalized spacial score (nSPS) is 15.9. The number of hydrogen-bond acceptors (Lipinski definition) is 3. The van der Waals surface area contributed by atoms with Gasteiger partial charge >= 0.3 is 6.09 Å². The number of amides is 1. The van der Waals surface area contributed by atoms with Gasteiger partial charge in [-0.3, -0.25) is 4.90 Å². The highest BCUT2D eigenvalue weighted by atomic mass is 16.6. The Hall–Kier alpha value is -1.55. The highest BCUT2D eigenvalue weighted by Crippen LogP contribution is 2.30. The molecule has 0 radical (unpaired) electrons. The minimum Gasteiger partial charge on any atom is -0.443 e. The first-order valence-corrected chi connectivity index (χ1v) is 7.06. The van der Waals surface area contributed by atoms with Crippen LogP contribution in [0.1, 0.15) is 38.8 Å². The molecule has 2 rings (SSSR count). The molecule has 0 saturated carbocycles. The van der Waals surface area contributed by atoms with E-state index in [0.29, 0.717) is 13.0 Å². The van der Waals surface area contributed by atoms with E-state index >= 15 is 0 Å². The Morgan fingerprint density at radius 3 is 2.75 bits per heavy atom. The SMILES string of the molecule is CC(O)Cc1ccc2c(c1)CCN2C(=O)OC(C)(C)C. The number of nitrogens with zero attached hydrogens (tertiary/aromatic N) is 1. The monoisotopic (exact) mass is 277 g/mol. The molecule has 4 nitrogen and oxygen atoms in total. The first kappa shape index (κ1) is 14.9. The topological polar surface area (TPSA) is 49.8 Å². The third-order valence-corrected chi connectivity index (χ3v) is 3.18. The standard InChI is InChI=1S/C16H23NO3/c1-11(18)9-12-5-6-14-13(10-12)7-8-17(14)15(19)20-16(2,3)4/h5-6,10-11,18H,7-9H2,1-4H3. The zero-order chi connectivity index (χ0) is 14.9. The van der Waals surface area contributed by atoms with E-state index in [1.165, 1.54) is 0 Å². The average molecular weight is 277 g/mol. The van der Waals surface area contributed by atoms with Crippen molar-refractivity contribution < 1.29 is 14.6 Å². The van der Waals surface area contributed by atoms with E-state index in [9.17, 15) is 9.90 Å². The van der Waals surface area contributed by atoms with Gasteiger partial charge in [0, 0.05) is 6.54 Å². The molecular formula is C16H23NO3. The summed E-state index contributed by atoms with van der Waals surface area (Å²) in [5, 5.41) is 9.44. The Bertz CT molecular complexity index is 503. The van der Waals surface area contributed by atoms with Crippen molar-refractivity contribution in [3.63, 3.8) is 0 Å². The van der Waals surface area contributed by atoms with Crippen LogP contribution in [0.3, 0.4) is 0 Å². The van der Waals surface area contributed by atoms with Gasteiger partial charge in [0.15, 0.2) is 0 Å². The summed E-state index contributed by atoms with van der Waals surface area (Å²) >= 11 is 0. The fraction of sp³-hybridized carbons (Fsp3) is 0.562. The Labute approximate surface area is 120 Å². The largest absolute Gasteiger partial charge is 0.443 e. The molecule has 1 aromatic carbocycles. The second-order valence-electron chi connectivity index (χ2n) is 6.40. The van der Waals surface area contributed by atoms with E-state index in [2.05, 4.69) is 6.07 Å². The number of carbonyl (C=O) groups excluding carboxylic acids is 1. The second kappa shape index (κ2) is 5.44. The lowest BCUT2D eigenvalue weighted by molar-refractivity contribution is 0.0584. The van der Waals surface area contributed by atoms with Crippen LogP contribution in [0, 0.1) is 0 Å². The van der Waals surface area contributed by atoms with Gasteiger partial charge in [0.25, 0.3) is 0 Å². The summed E-state index contributed by atoms with van der Waals surface area (Å²) in [6.07, 6.45) is 0.832. The number of carbonyl (C=O) groups is 1. The Morgan fingerprint density at radius 2 is 2.15 bits per heavy atom. The molecule has 20 heavy (non-hydrogen) atoms. The molecule has 1 atom stereocenters. The summed E-state index contributed by atoms with van der Waals surface area (Å²) in [5.41, 5.74) is 2.69. The van der Waals surface area contributed by atoms with Crippen molar-refractivity contribution in [3.05, 3.63) is 29.3 Å². The molecule has 1 aromatic rings. The van der Waals surface area contributed by atoms with Crippen molar-refractivity contribution in [2.45, 2.75) is 52.2 Å². The molecule has 1 unspecified atom stereocenters. The second-order valence-corrected chi connectivity index (χ2v) is 6.40. The Balaban J connectivity index is 2.15. The average Bonchev–Trinajstić information content (AvgIpc) is 2.68. The van der Waals surface area contributed by atoms with Gasteiger partial charge in [0.2, 0.25) is 0 Å². The highest BCUT2D eigenvalue weighted by molar-refractivity contribution is 5.90. The molecule has 0 saturated heterocycles. The number of anilines is 1. The van der Waals surface area contributed by atoms with Crippen LogP contribution in [0.25, 0.3) is 0 Å². The van der Waals surface area contributed by atoms with Crippen molar-refractivity contribution in [2.24, 2.45) is 0 Å². The lowest BCUT2D eigenvalue weighted by Crippen LogP contribution is -2.35. The number of ether oxygens (including phenoxy) is 1. The molecular weight excluding hydrogens is 254 g/mol. The fourth-order valence-electron chi connectivity index (χ4n) is 2.43. The van der Waals surface area contributed by atoms with Crippen molar-refractivity contribution in [3.8, 4) is 0 Å². The molecule has 1 amide bonds. The predicted molar refractivity (Wildman–Crippen MR) is 79.1 cm³/mol. The van der Waals surface area contributed by atoms with E-state index in [1.807, 2.05) is 32.9 Å². The van der Waals surface area contributed by atoms with Crippen molar-refractivity contribution in [1.29, 1.82) is 0 Å². The lowest BCUT2D eigenvalue weighted by Gasteiger charge is -2.24. The van der Waals surface area contributed by atoms with E-state index in [1.54, 1.807) is 11.8 Å². The smallest absolute Gasteiger partial charge is 0.414 e. The number of rotatable bonds is 2. The van der Waals surface area contributed by atoms with Gasteiger partial charge in [-0.25, -0.2) is 4.79 Å². The van der Waals surface area contributed by atoms with Crippen LogP contribution in [0.15, 0.2) is 18.2 Å². The van der Waals surface area contributed by atoms with E-state index in [4.69, 9.17) is 4.74 Å². The van der Waals surface area contributed by atoms with Crippen LogP contribution in [0.5, 0.6) is 0 Å². The fourth-order valence-corrected chi connectivity index (χ4v) is 2.43. The number of hydrogen-bond donors (Lipinski definition) is 1. The van der Waals surface area contributed by atoms with Gasteiger partial charge in [0.05, 0.1) is 11.8 Å². The summed E-state index contributed by atoms with van der Waals surface area (Å²) in [6, 6.07) is 5.99. The van der Waals surface area contributed by atoms with Crippen molar-refractivity contribution in [2.75, 3.05) is 11.4 Å². The maximum Gasteiger partial charge on any atom is 0.414 e. The summed E-state index contributed by atoms with van der Waals surface area (Å²) in [6.45, 7) is 8.04. The summed E-state index contributed by atoms with van der Waals surface area (Å²) in [7, 11) is 0. The van der Waals surface area contributed by atoms with E-state index < -0.39 is 5.60 Å². The number of benzene rings is 1. The van der Waals surface area contributed by atoms with Gasteiger partial charge in [0.1, 0.15) is 5.60 Å². The summed E-state index contributed by atoms with van der Waals surface area (Å²) in [5.74, 6) is 0. The number of aliphatic hydroxyl groups excluding tert-OH is 1. The third kappa shape index (κ3) is 3.51. The minimum atomic E-state index is -0.480. The summed E-state index contributed by atoms with van der Waals surface area (Å²) in [4.78, 5) is 13.8. The molecule has 0 aliphatic carbocycles. The molecule has 0 aromatic heterocycles. The van der Waals surface area contributed by atoms with Crippen LogP contribution in [-0.4, -0.2) is 29.4 Å². The Morgan fingerprint density at radius 1 is 1.45 bits per heavy atom. The van der Waals surface area contributed by atoms with Crippen LogP contribution in [0.4, 0.5) is 10.5 Å². The lowest BCUT2D eigenvalue weighted by atomic mass is 10.0. The highest BCUT2D eigenvalue weighted by Gasteiger charge is 2.28. The van der Waals surface area contributed by atoms with Gasteiger partial charge in [-0.15, -0.1) is 0 Å². The van der Waals surface area contributed by atoms with Gasteiger partial charge < -0.3 is 9.84 Å². The maximum atomic E-state index is 12.2. The molecule has 0 bridgehead atoms. The van der Waals surface area contributed by atoms with Crippen LogP contribution in [0.2, 0.25) is 0 Å². The van der Waals surface area contributed by atoms with Crippen LogP contribution >= 0.6 is 0 Å². The molecule has 1 N–H and O–H groups in total. The van der Waals surface area contributed by atoms with Crippen LogP contribution in [-0.2, 0) is 17.6 Å². The van der Waals surface area contributed by atoms with Crippen molar-refractivity contribution >= 4 is 11.8 Å². The Kier molecular flexibility index (Phi) is 4.04. The first-order valence-electron chi connectivity index (χ1n) is 7.06.